The van der Waals surface area contributed by atoms with Crippen molar-refractivity contribution in [3.63, 3.8) is 0 Å². The molecular weight excluding hydrogens is 414 g/mol. The molecule has 9 heteroatoms. The Balaban J connectivity index is 1.33. The SMILES string of the molecule is O=C1COc2ccc(C(=O)C3CCN(C(=O)/C=C/c4ccc([N+](=O)[O-])cc4)CC3)cc2N1. The summed E-state index contributed by atoms with van der Waals surface area (Å²) in [7, 11) is 0. The van der Waals surface area contributed by atoms with Gasteiger partial charge in [0.05, 0.1) is 10.6 Å². The second-order valence-electron chi connectivity index (χ2n) is 7.69. The lowest BCUT2D eigenvalue weighted by Crippen LogP contribution is -2.39. The fraction of sp³-hybridized carbons (Fsp3) is 0.261. The number of piperidine rings is 1. The van der Waals surface area contributed by atoms with Gasteiger partial charge in [-0.1, -0.05) is 0 Å². The monoisotopic (exact) mass is 435 g/mol. The Bertz CT molecular complexity index is 1100. The highest BCUT2D eigenvalue weighted by Crippen LogP contribution is 2.31. The molecule has 0 unspecified atom stereocenters. The molecule has 0 bridgehead atoms. The van der Waals surface area contributed by atoms with Gasteiger partial charge in [-0.25, -0.2) is 0 Å². The molecule has 4 rings (SSSR count). The van der Waals surface area contributed by atoms with Gasteiger partial charge in [0.1, 0.15) is 5.75 Å². The Labute approximate surface area is 183 Å². The van der Waals surface area contributed by atoms with Crippen molar-refractivity contribution in [3.05, 3.63) is 69.8 Å². The number of nitrogens with one attached hydrogen (secondary N) is 1. The summed E-state index contributed by atoms with van der Waals surface area (Å²) in [5.74, 6) is -0.0860. The highest BCUT2D eigenvalue weighted by Gasteiger charge is 2.28. The number of rotatable bonds is 5. The lowest BCUT2D eigenvalue weighted by atomic mass is 9.88. The fourth-order valence-electron chi connectivity index (χ4n) is 3.81. The van der Waals surface area contributed by atoms with Gasteiger partial charge in [-0.2, -0.15) is 0 Å². The number of anilines is 1. The van der Waals surface area contributed by atoms with Crippen molar-refractivity contribution in [2.24, 2.45) is 5.92 Å². The van der Waals surface area contributed by atoms with Gasteiger partial charge < -0.3 is 15.0 Å². The zero-order chi connectivity index (χ0) is 22.7. The van der Waals surface area contributed by atoms with Crippen LogP contribution in [0.15, 0.2) is 48.5 Å². The Kier molecular flexibility index (Phi) is 5.98. The van der Waals surface area contributed by atoms with Gasteiger partial charge in [0, 0.05) is 42.8 Å². The average molecular weight is 435 g/mol. The molecule has 2 aromatic carbocycles. The number of amides is 2. The van der Waals surface area contributed by atoms with E-state index in [4.69, 9.17) is 4.74 Å². The lowest BCUT2D eigenvalue weighted by molar-refractivity contribution is -0.384. The standard InChI is InChI=1S/C23H21N3O6/c27-21-14-32-20-7-4-17(13-19(20)24-21)23(29)16-9-11-25(12-10-16)22(28)8-3-15-1-5-18(6-2-15)26(30)31/h1-8,13,16H,9-12,14H2,(H,24,27)/b8-3+. The molecule has 2 aliphatic rings. The number of nitro benzene ring substituents is 1. The average Bonchev–Trinajstić information content (AvgIpc) is 2.82. The molecular formula is C23H21N3O6. The molecule has 1 fully saturated rings. The summed E-state index contributed by atoms with van der Waals surface area (Å²) >= 11 is 0. The van der Waals surface area contributed by atoms with Crippen LogP contribution in [0.1, 0.15) is 28.8 Å². The molecule has 1 saturated heterocycles. The maximum Gasteiger partial charge on any atom is 0.269 e. The predicted octanol–water partition coefficient (Wildman–Crippen LogP) is 3.06. The van der Waals surface area contributed by atoms with E-state index in [9.17, 15) is 24.5 Å². The van der Waals surface area contributed by atoms with Gasteiger partial charge in [0.25, 0.3) is 11.6 Å². The number of carbonyl (C=O) groups excluding carboxylic acids is 3. The fourth-order valence-corrected chi connectivity index (χ4v) is 3.81. The zero-order valence-corrected chi connectivity index (χ0v) is 17.2. The van der Waals surface area contributed by atoms with Crippen molar-refractivity contribution in [1.82, 2.24) is 4.90 Å². The lowest BCUT2D eigenvalue weighted by Gasteiger charge is -2.30. The second-order valence-corrected chi connectivity index (χ2v) is 7.69. The van der Waals surface area contributed by atoms with E-state index >= 15 is 0 Å². The van der Waals surface area contributed by atoms with Crippen LogP contribution in [0.3, 0.4) is 0 Å². The maximum absolute atomic E-state index is 12.9. The number of ketones is 1. The van der Waals surface area contributed by atoms with Gasteiger partial charge in [-0.05, 0) is 54.8 Å². The Hall–Kier alpha value is -4.01. The maximum atomic E-state index is 12.9. The number of likely N-dealkylation sites (tertiary alicyclic amines) is 1. The first-order chi connectivity index (χ1) is 15.4. The van der Waals surface area contributed by atoms with Crippen molar-refractivity contribution in [2.75, 3.05) is 25.0 Å². The number of nitrogens with zero attached hydrogens (tertiary/aromatic N) is 2. The number of hydrogen-bond donors (Lipinski definition) is 1. The van der Waals surface area contributed by atoms with E-state index in [1.807, 2.05) is 0 Å². The minimum Gasteiger partial charge on any atom is -0.482 e. The van der Waals surface area contributed by atoms with E-state index in [1.54, 1.807) is 41.3 Å². The number of Topliss-reactive ketones (excluding diaryl/α,β-unsaturated/α-hetero) is 1. The van der Waals surface area contributed by atoms with Crippen LogP contribution < -0.4 is 10.1 Å². The summed E-state index contributed by atoms with van der Waals surface area (Å²) in [6.45, 7) is 0.890. The molecule has 9 nitrogen and oxygen atoms in total. The van der Waals surface area contributed by atoms with Gasteiger partial charge in [-0.3, -0.25) is 24.5 Å². The second kappa shape index (κ2) is 9.01. The first-order valence-electron chi connectivity index (χ1n) is 10.2. The minimum atomic E-state index is -0.474. The molecule has 164 valence electrons. The van der Waals surface area contributed by atoms with Crippen LogP contribution in [-0.2, 0) is 9.59 Å². The van der Waals surface area contributed by atoms with E-state index < -0.39 is 4.92 Å². The van der Waals surface area contributed by atoms with Crippen LogP contribution in [0.25, 0.3) is 6.08 Å². The summed E-state index contributed by atoms with van der Waals surface area (Å²) in [6, 6.07) is 11.0. The number of hydrogen-bond acceptors (Lipinski definition) is 6. The Morgan fingerprint density at radius 2 is 1.84 bits per heavy atom. The van der Waals surface area contributed by atoms with Crippen LogP contribution in [-0.4, -0.2) is 47.1 Å². The number of non-ortho nitro benzene ring substituents is 1. The third kappa shape index (κ3) is 4.66. The van der Waals surface area contributed by atoms with Crippen molar-refractivity contribution in [2.45, 2.75) is 12.8 Å². The molecule has 0 aromatic heterocycles. The van der Waals surface area contributed by atoms with E-state index in [1.165, 1.54) is 18.2 Å². The Morgan fingerprint density at radius 3 is 2.53 bits per heavy atom. The topological polar surface area (TPSA) is 119 Å². The normalized spacial score (nSPS) is 16.2. The molecule has 0 spiro atoms. The van der Waals surface area contributed by atoms with Crippen LogP contribution in [0, 0.1) is 16.0 Å². The summed E-state index contributed by atoms with van der Waals surface area (Å²) in [6.07, 6.45) is 4.16. The van der Waals surface area contributed by atoms with Crippen LogP contribution in [0.4, 0.5) is 11.4 Å². The number of fused-ring (bicyclic) bond motifs is 1. The van der Waals surface area contributed by atoms with Crippen molar-refractivity contribution < 1.29 is 24.0 Å². The molecule has 1 N–H and O–H groups in total. The third-order valence-corrected chi connectivity index (χ3v) is 5.60. The molecule has 2 aromatic rings. The van der Waals surface area contributed by atoms with E-state index in [-0.39, 0.29) is 35.8 Å². The van der Waals surface area contributed by atoms with Crippen LogP contribution in [0.2, 0.25) is 0 Å². The van der Waals surface area contributed by atoms with Gasteiger partial charge >= 0.3 is 0 Å². The third-order valence-electron chi connectivity index (χ3n) is 5.60. The smallest absolute Gasteiger partial charge is 0.269 e. The quantitative estimate of drug-likeness (QED) is 0.334. The molecule has 0 aliphatic carbocycles. The zero-order valence-electron chi connectivity index (χ0n) is 17.2. The number of ether oxygens (including phenoxy) is 1. The minimum absolute atomic E-state index is 0.00551. The van der Waals surface area contributed by atoms with Crippen molar-refractivity contribution in [1.29, 1.82) is 0 Å². The van der Waals surface area contributed by atoms with Crippen LogP contribution in [0.5, 0.6) is 5.75 Å². The molecule has 32 heavy (non-hydrogen) atoms. The highest BCUT2D eigenvalue weighted by molar-refractivity contribution is 6.02. The van der Waals surface area contributed by atoms with E-state index in [0.717, 1.165) is 0 Å². The van der Waals surface area contributed by atoms with E-state index in [2.05, 4.69) is 5.32 Å². The highest BCUT2D eigenvalue weighted by atomic mass is 16.6. The number of benzene rings is 2. The molecule has 2 heterocycles. The number of nitro groups is 1. The predicted molar refractivity (Wildman–Crippen MR) is 116 cm³/mol. The first kappa shape index (κ1) is 21.2. The van der Waals surface area contributed by atoms with Crippen molar-refractivity contribution >= 4 is 35.0 Å². The summed E-state index contributed by atoms with van der Waals surface area (Å²) in [4.78, 5) is 48.8. The first-order valence-corrected chi connectivity index (χ1v) is 10.2. The Morgan fingerprint density at radius 1 is 1.12 bits per heavy atom. The molecule has 2 aliphatic heterocycles. The summed E-state index contributed by atoms with van der Waals surface area (Å²) < 4.78 is 5.32. The largest absolute Gasteiger partial charge is 0.482 e. The molecule has 0 radical (unpaired) electrons. The molecule has 0 saturated carbocycles. The summed E-state index contributed by atoms with van der Waals surface area (Å²) in [5.41, 5.74) is 1.69. The summed E-state index contributed by atoms with van der Waals surface area (Å²) in [5, 5.41) is 13.4. The van der Waals surface area contributed by atoms with Crippen molar-refractivity contribution in [3.8, 4) is 5.75 Å². The van der Waals surface area contributed by atoms with Gasteiger partial charge in [0.2, 0.25) is 5.91 Å². The molecule has 2 amide bonds. The number of carbonyl (C=O) groups is 3. The van der Waals surface area contributed by atoms with Gasteiger partial charge in [0.15, 0.2) is 12.4 Å². The van der Waals surface area contributed by atoms with Crippen LogP contribution >= 0.6 is 0 Å². The van der Waals surface area contributed by atoms with E-state index in [0.29, 0.717) is 48.5 Å². The van der Waals surface area contributed by atoms with Gasteiger partial charge in [-0.15, -0.1) is 0 Å². The molecule has 0 atom stereocenters.